The van der Waals surface area contributed by atoms with Gasteiger partial charge in [0, 0.05) is 43.4 Å². The van der Waals surface area contributed by atoms with Crippen molar-refractivity contribution in [3.05, 3.63) is 58.1 Å². The molecule has 0 aliphatic carbocycles. The largest absolute Gasteiger partial charge is 0.380 e. The van der Waals surface area contributed by atoms with Crippen molar-refractivity contribution in [2.75, 3.05) is 36.9 Å². The quantitative estimate of drug-likeness (QED) is 0.455. The molecule has 0 bridgehead atoms. The number of non-ortho nitro benzene ring substituents is 1. The summed E-state index contributed by atoms with van der Waals surface area (Å²) < 4.78 is 32.9. The van der Waals surface area contributed by atoms with E-state index in [-0.39, 0.29) is 60.9 Å². The topological polar surface area (TPSA) is 131 Å². The SMILES string of the molecule is CC(C)C(=O)Nc1cccc(CNc2ccc([N+](=O)[O-])cc2S(=O)(=O)N2CCOCC2)c1. The summed E-state index contributed by atoms with van der Waals surface area (Å²) in [6, 6.07) is 10.9. The summed E-state index contributed by atoms with van der Waals surface area (Å²) in [5.41, 5.74) is 1.40. The van der Waals surface area contributed by atoms with Gasteiger partial charge in [0.15, 0.2) is 0 Å². The summed E-state index contributed by atoms with van der Waals surface area (Å²) in [6.07, 6.45) is 0. The Morgan fingerprint density at radius 1 is 1.19 bits per heavy atom. The number of nitrogens with zero attached hydrogens (tertiary/aromatic N) is 2. The fourth-order valence-corrected chi connectivity index (χ4v) is 4.75. The summed E-state index contributed by atoms with van der Waals surface area (Å²) in [7, 11) is -3.96. The maximum atomic E-state index is 13.2. The van der Waals surface area contributed by atoms with Crippen molar-refractivity contribution in [2.45, 2.75) is 25.3 Å². The summed E-state index contributed by atoms with van der Waals surface area (Å²) in [5.74, 6) is -0.269. The second-order valence-corrected chi connectivity index (χ2v) is 9.56. The zero-order valence-corrected chi connectivity index (χ0v) is 18.7. The van der Waals surface area contributed by atoms with Crippen LogP contribution in [0.4, 0.5) is 17.1 Å². The van der Waals surface area contributed by atoms with E-state index < -0.39 is 14.9 Å². The first-order valence-electron chi connectivity index (χ1n) is 10.2. The van der Waals surface area contributed by atoms with Gasteiger partial charge in [0.1, 0.15) is 4.90 Å². The maximum Gasteiger partial charge on any atom is 0.270 e. The number of carbonyl (C=O) groups is 1. The molecule has 1 saturated heterocycles. The van der Waals surface area contributed by atoms with Gasteiger partial charge in [-0.05, 0) is 23.8 Å². The molecule has 3 rings (SSSR count). The van der Waals surface area contributed by atoms with Crippen LogP contribution in [0.2, 0.25) is 0 Å². The zero-order valence-electron chi connectivity index (χ0n) is 17.9. The molecule has 10 nitrogen and oxygen atoms in total. The fraction of sp³-hybridized carbons (Fsp3) is 0.381. The number of nitrogens with one attached hydrogen (secondary N) is 2. The van der Waals surface area contributed by atoms with E-state index in [1.807, 2.05) is 6.07 Å². The summed E-state index contributed by atoms with van der Waals surface area (Å²) >= 11 is 0. The number of nitro groups is 1. The number of ether oxygens (including phenoxy) is 1. The van der Waals surface area contributed by atoms with Crippen LogP contribution in [-0.2, 0) is 26.1 Å². The van der Waals surface area contributed by atoms with Crippen LogP contribution in [0.3, 0.4) is 0 Å². The molecule has 1 fully saturated rings. The molecule has 0 atom stereocenters. The first-order chi connectivity index (χ1) is 15.2. The average Bonchev–Trinajstić information content (AvgIpc) is 2.78. The molecular weight excluding hydrogens is 436 g/mol. The maximum absolute atomic E-state index is 13.2. The molecule has 0 spiro atoms. The minimum absolute atomic E-state index is 0.107. The van der Waals surface area contributed by atoms with Gasteiger partial charge in [-0.15, -0.1) is 0 Å². The highest BCUT2D eigenvalue weighted by molar-refractivity contribution is 7.89. The molecule has 2 N–H and O–H groups in total. The van der Waals surface area contributed by atoms with E-state index >= 15 is 0 Å². The van der Waals surface area contributed by atoms with Crippen LogP contribution in [0.25, 0.3) is 0 Å². The summed E-state index contributed by atoms with van der Waals surface area (Å²) in [4.78, 5) is 22.4. The van der Waals surface area contributed by atoms with Gasteiger partial charge in [0.25, 0.3) is 5.69 Å². The van der Waals surface area contributed by atoms with Gasteiger partial charge in [0.2, 0.25) is 15.9 Å². The van der Waals surface area contributed by atoms with Crippen LogP contribution in [0.1, 0.15) is 19.4 Å². The number of amides is 1. The van der Waals surface area contributed by atoms with E-state index in [1.54, 1.807) is 32.0 Å². The standard InChI is InChI=1S/C21H26N4O6S/c1-15(2)21(26)23-17-5-3-4-16(12-17)14-22-19-7-6-18(25(27)28)13-20(19)32(29,30)24-8-10-31-11-9-24/h3-7,12-13,15,22H,8-11,14H2,1-2H3,(H,23,26). The molecule has 0 radical (unpaired) electrons. The molecule has 1 aliphatic rings. The minimum atomic E-state index is -3.96. The Kier molecular flexibility index (Phi) is 7.44. The first-order valence-corrected chi connectivity index (χ1v) is 11.6. The highest BCUT2D eigenvalue weighted by Gasteiger charge is 2.30. The molecule has 32 heavy (non-hydrogen) atoms. The second kappa shape index (κ2) is 10.1. The lowest BCUT2D eigenvalue weighted by Gasteiger charge is -2.27. The summed E-state index contributed by atoms with van der Waals surface area (Å²) in [6.45, 7) is 4.76. The predicted octanol–water partition coefficient (Wildman–Crippen LogP) is 2.82. The molecule has 0 saturated carbocycles. The molecule has 2 aromatic carbocycles. The molecule has 1 heterocycles. The number of morpholine rings is 1. The van der Waals surface area contributed by atoms with E-state index in [4.69, 9.17) is 4.74 Å². The number of hydrogen-bond donors (Lipinski definition) is 2. The number of nitro benzene ring substituents is 1. The highest BCUT2D eigenvalue weighted by Crippen LogP contribution is 2.30. The Labute approximate surface area is 186 Å². The lowest BCUT2D eigenvalue weighted by Crippen LogP contribution is -2.40. The molecule has 1 amide bonds. The number of hydrogen-bond acceptors (Lipinski definition) is 7. The van der Waals surface area contributed by atoms with Gasteiger partial charge >= 0.3 is 0 Å². The van der Waals surface area contributed by atoms with Crippen molar-refractivity contribution in [1.29, 1.82) is 0 Å². The number of benzene rings is 2. The van der Waals surface area contributed by atoms with Crippen molar-refractivity contribution in [2.24, 2.45) is 5.92 Å². The normalized spacial score (nSPS) is 14.8. The van der Waals surface area contributed by atoms with Gasteiger partial charge in [-0.25, -0.2) is 8.42 Å². The van der Waals surface area contributed by atoms with Crippen LogP contribution in [0, 0.1) is 16.0 Å². The first kappa shape index (κ1) is 23.6. The van der Waals surface area contributed by atoms with Crippen LogP contribution in [0.5, 0.6) is 0 Å². The van der Waals surface area contributed by atoms with Gasteiger partial charge in [-0.2, -0.15) is 4.31 Å². The third kappa shape index (κ3) is 5.61. The van der Waals surface area contributed by atoms with Gasteiger partial charge in [-0.3, -0.25) is 14.9 Å². The molecule has 11 heteroatoms. The lowest BCUT2D eigenvalue weighted by molar-refractivity contribution is -0.385. The van der Waals surface area contributed by atoms with Gasteiger partial charge < -0.3 is 15.4 Å². The molecule has 0 unspecified atom stereocenters. The molecule has 1 aliphatic heterocycles. The van der Waals surface area contributed by atoms with E-state index in [1.165, 1.54) is 16.4 Å². The number of carbonyl (C=O) groups excluding carboxylic acids is 1. The predicted molar refractivity (Wildman–Crippen MR) is 120 cm³/mol. The Hall–Kier alpha value is -3.02. The van der Waals surface area contributed by atoms with Crippen molar-refractivity contribution in [3.63, 3.8) is 0 Å². The van der Waals surface area contributed by atoms with Crippen LogP contribution in [0.15, 0.2) is 47.4 Å². The van der Waals surface area contributed by atoms with Crippen LogP contribution < -0.4 is 10.6 Å². The van der Waals surface area contributed by atoms with Crippen molar-refractivity contribution < 1.29 is 22.9 Å². The van der Waals surface area contributed by atoms with Crippen molar-refractivity contribution in [3.8, 4) is 0 Å². The monoisotopic (exact) mass is 462 g/mol. The Morgan fingerprint density at radius 2 is 1.91 bits per heavy atom. The van der Waals surface area contributed by atoms with Crippen LogP contribution >= 0.6 is 0 Å². The molecular formula is C21H26N4O6S. The lowest BCUT2D eigenvalue weighted by atomic mass is 10.1. The third-order valence-corrected chi connectivity index (χ3v) is 6.90. The Bertz CT molecular complexity index is 1100. The number of anilines is 2. The molecule has 0 aromatic heterocycles. The average molecular weight is 463 g/mol. The third-order valence-electron chi connectivity index (χ3n) is 4.97. The van der Waals surface area contributed by atoms with E-state index in [0.717, 1.165) is 11.6 Å². The number of sulfonamides is 1. The molecule has 2 aromatic rings. The Balaban J connectivity index is 1.85. The second-order valence-electron chi connectivity index (χ2n) is 7.65. The van der Waals surface area contributed by atoms with Crippen LogP contribution in [-0.4, -0.2) is 49.9 Å². The van der Waals surface area contributed by atoms with Gasteiger partial charge in [0.05, 0.1) is 23.8 Å². The fourth-order valence-electron chi connectivity index (χ4n) is 3.15. The highest BCUT2D eigenvalue weighted by atomic mass is 32.2. The smallest absolute Gasteiger partial charge is 0.270 e. The van der Waals surface area contributed by atoms with Crippen molar-refractivity contribution in [1.82, 2.24) is 4.31 Å². The van der Waals surface area contributed by atoms with Gasteiger partial charge in [-0.1, -0.05) is 26.0 Å². The zero-order chi connectivity index (χ0) is 23.3. The van der Waals surface area contributed by atoms with Crippen molar-refractivity contribution >= 4 is 33.0 Å². The van der Waals surface area contributed by atoms with E-state index in [2.05, 4.69) is 10.6 Å². The van der Waals surface area contributed by atoms with E-state index in [0.29, 0.717) is 5.69 Å². The van der Waals surface area contributed by atoms with E-state index in [9.17, 15) is 23.3 Å². The minimum Gasteiger partial charge on any atom is -0.380 e. The summed E-state index contributed by atoms with van der Waals surface area (Å²) in [5, 5.41) is 17.1. The Morgan fingerprint density at radius 3 is 2.56 bits per heavy atom. The molecule has 172 valence electrons. The number of rotatable bonds is 8.